The highest BCUT2D eigenvalue weighted by atomic mass is 19.1. The minimum Gasteiger partial charge on any atom is -0.495 e. The van der Waals surface area contributed by atoms with E-state index in [0.29, 0.717) is 24.7 Å². The van der Waals surface area contributed by atoms with Crippen molar-refractivity contribution in [3.05, 3.63) is 90.2 Å². The number of ether oxygens (including phenoxy) is 2. The molecule has 1 saturated heterocycles. The van der Waals surface area contributed by atoms with Crippen molar-refractivity contribution in [3.8, 4) is 11.4 Å². The quantitative estimate of drug-likeness (QED) is 0.425. The van der Waals surface area contributed by atoms with E-state index in [-0.39, 0.29) is 5.82 Å². The fourth-order valence-corrected chi connectivity index (χ4v) is 3.75. The summed E-state index contributed by atoms with van der Waals surface area (Å²) < 4.78 is 26.9. The highest BCUT2D eigenvalue weighted by molar-refractivity contribution is 6.02. The van der Waals surface area contributed by atoms with Crippen LogP contribution >= 0.6 is 0 Å². The second-order valence-electron chi connectivity index (χ2n) is 7.41. The van der Waals surface area contributed by atoms with Crippen molar-refractivity contribution in [1.29, 1.82) is 0 Å². The first kappa shape index (κ1) is 26.5. The van der Waals surface area contributed by atoms with Crippen LogP contribution in [0.25, 0.3) is 11.8 Å². The minimum atomic E-state index is -0.269. The molecular formula is C28H34FN5O2. The van der Waals surface area contributed by atoms with Crippen LogP contribution in [0.1, 0.15) is 39.0 Å². The van der Waals surface area contributed by atoms with Gasteiger partial charge in [-0.3, -0.25) is 10.0 Å². The topological polar surface area (TPSA) is 55.1 Å². The van der Waals surface area contributed by atoms with Crippen molar-refractivity contribution in [2.45, 2.75) is 34.6 Å². The molecule has 1 aromatic heterocycles. The number of aryl methyl sites for hydroxylation is 1. The van der Waals surface area contributed by atoms with E-state index in [1.807, 2.05) is 85.9 Å². The molecule has 2 aliphatic heterocycles. The van der Waals surface area contributed by atoms with Gasteiger partial charge in [-0.25, -0.2) is 14.4 Å². The third-order valence-electron chi connectivity index (χ3n) is 5.27. The van der Waals surface area contributed by atoms with Gasteiger partial charge in [-0.15, -0.1) is 0 Å². The van der Waals surface area contributed by atoms with Crippen LogP contribution in [0.5, 0.6) is 5.75 Å². The Kier molecular flexibility index (Phi) is 9.27. The highest BCUT2D eigenvalue weighted by Gasteiger charge is 2.29. The molecule has 0 saturated carbocycles. The maximum Gasteiger partial charge on any atom is 0.190 e. The summed E-state index contributed by atoms with van der Waals surface area (Å²) in [4.78, 5) is 8.83. The molecule has 0 unspecified atom stereocenters. The van der Waals surface area contributed by atoms with Crippen LogP contribution in [-0.2, 0) is 4.74 Å². The van der Waals surface area contributed by atoms with Crippen molar-refractivity contribution < 1.29 is 13.9 Å². The van der Waals surface area contributed by atoms with Crippen LogP contribution in [-0.4, -0.2) is 40.7 Å². The summed E-state index contributed by atoms with van der Waals surface area (Å²) in [5.41, 5.74) is 3.60. The Bertz CT molecular complexity index is 1230. The van der Waals surface area contributed by atoms with Crippen LogP contribution in [0.2, 0.25) is 0 Å². The molecule has 0 radical (unpaired) electrons. The molecule has 0 amide bonds. The standard InChI is InChI=1S/C24H22FN5O2.2C2H6/c1-17-15-28(16-27-17)21-8-3-18(13-22(21)31-2)14-23-24-26-9-10-29(30(24)11-12-32-23)20-6-4-19(25)5-7-20;2*1-2/h3-10,13-16H,11-12H2,1-2H3;2*1-2H3/b23-14-;;. The number of rotatable bonds is 4. The Morgan fingerprint density at radius 1 is 1.06 bits per heavy atom. The van der Waals surface area contributed by atoms with Crippen LogP contribution in [0, 0.1) is 12.7 Å². The molecule has 2 aliphatic rings. The van der Waals surface area contributed by atoms with E-state index in [1.165, 1.54) is 12.1 Å². The molecule has 190 valence electrons. The number of fused-ring (bicyclic) bond motifs is 1. The van der Waals surface area contributed by atoms with E-state index in [4.69, 9.17) is 9.47 Å². The lowest BCUT2D eigenvalue weighted by molar-refractivity contribution is 0.169. The van der Waals surface area contributed by atoms with Crippen LogP contribution in [0.3, 0.4) is 0 Å². The Balaban J connectivity index is 0.000000861. The first-order valence-corrected chi connectivity index (χ1v) is 12.2. The van der Waals surface area contributed by atoms with Gasteiger partial charge in [0.05, 0.1) is 37.1 Å². The zero-order valence-electron chi connectivity index (χ0n) is 21.8. The molecule has 1 fully saturated rings. The number of hydrogen-bond acceptors (Lipinski definition) is 6. The third kappa shape index (κ3) is 5.76. The second-order valence-corrected chi connectivity index (χ2v) is 7.41. The van der Waals surface area contributed by atoms with Crippen LogP contribution < -0.4 is 9.75 Å². The zero-order valence-corrected chi connectivity index (χ0v) is 21.8. The molecule has 2 aromatic carbocycles. The molecule has 0 atom stereocenters. The number of amidine groups is 1. The number of anilines is 1. The molecule has 0 bridgehead atoms. The Hall–Kier alpha value is -4.07. The van der Waals surface area contributed by atoms with Gasteiger partial charge in [-0.05, 0) is 55.0 Å². The summed E-state index contributed by atoms with van der Waals surface area (Å²) in [7, 11) is 1.65. The van der Waals surface area contributed by atoms with Crippen molar-refractivity contribution in [1.82, 2.24) is 14.6 Å². The summed E-state index contributed by atoms with van der Waals surface area (Å²) in [6.45, 7) is 11.1. The molecule has 3 aromatic rings. The second kappa shape index (κ2) is 12.6. The van der Waals surface area contributed by atoms with Gasteiger partial charge in [0.15, 0.2) is 11.6 Å². The summed E-state index contributed by atoms with van der Waals surface area (Å²) in [6.07, 6.45) is 9.22. The summed E-state index contributed by atoms with van der Waals surface area (Å²) in [5.74, 6) is 1.80. The number of aromatic nitrogens is 2. The maximum atomic E-state index is 13.4. The fraction of sp³-hybridized carbons (Fsp3) is 0.286. The number of benzene rings is 2. The van der Waals surface area contributed by atoms with E-state index < -0.39 is 0 Å². The zero-order chi connectivity index (χ0) is 26.1. The van der Waals surface area contributed by atoms with Crippen molar-refractivity contribution >= 4 is 17.6 Å². The van der Waals surface area contributed by atoms with Gasteiger partial charge in [0.25, 0.3) is 0 Å². The first-order chi connectivity index (χ1) is 17.6. The van der Waals surface area contributed by atoms with Gasteiger partial charge in [0.1, 0.15) is 18.2 Å². The van der Waals surface area contributed by atoms with Gasteiger partial charge >= 0.3 is 0 Å². The van der Waals surface area contributed by atoms with E-state index in [2.05, 4.69) is 9.98 Å². The largest absolute Gasteiger partial charge is 0.495 e. The number of halogens is 1. The number of hydrazine groups is 1. The lowest BCUT2D eigenvalue weighted by atomic mass is 10.1. The highest BCUT2D eigenvalue weighted by Crippen LogP contribution is 2.29. The van der Waals surface area contributed by atoms with Crippen LogP contribution in [0.4, 0.5) is 10.1 Å². The van der Waals surface area contributed by atoms with Gasteiger partial charge in [0, 0.05) is 18.6 Å². The third-order valence-corrected chi connectivity index (χ3v) is 5.27. The SMILES string of the molecule is CC.CC.COc1cc(/C=C2\OCCN3C2=NC=CN3c2ccc(F)cc2)ccc1-n1cnc(C)c1. The molecule has 3 heterocycles. The summed E-state index contributed by atoms with van der Waals surface area (Å²) >= 11 is 0. The average Bonchev–Trinajstić information content (AvgIpc) is 3.37. The lowest BCUT2D eigenvalue weighted by Gasteiger charge is -2.41. The molecule has 0 aliphatic carbocycles. The van der Waals surface area contributed by atoms with Crippen molar-refractivity contribution in [2.24, 2.45) is 4.99 Å². The summed E-state index contributed by atoms with van der Waals surface area (Å²) in [6, 6.07) is 12.3. The molecule has 0 spiro atoms. The van der Waals surface area contributed by atoms with Crippen molar-refractivity contribution in [3.63, 3.8) is 0 Å². The normalized spacial score (nSPS) is 15.1. The fourth-order valence-electron chi connectivity index (χ4n) is 3.75. The maximum absolute atomic E-state index is 13.4. The van der Waals surface area contributed by atoms with Gasteiger partial charge in [0.2, 0.25) is 0 Å². The minimum absolute atomic E-state index is 0.269. The molecule has 8 heteroatoms. The number of nitrogens with zero attached hydrogens (tertiary/aromatic N) is 5. The van der Waals surface area contributed by atoms with E-state index in [0.717, 1.165) is 28.4 Å². The smallest absolute Gasteiger partial charge is 0.190 e. The van der Waals surface area contributed by atoms with Gasteiger partial charge in [-0.2, -0.15) is 0 Å². The van der Waals surface area contributed by atoms with Crippen LogP contribution in [0.15, 0.2) is 78.1 Å². The molecule has 36 heavy (non-hydrogen) atoms. The number of morpholine rings is 1. The number of methoxy groups -OCH3 is 1. The van der Waals surface area contributed by atoms with E-state index in [9.17, 15) is 4.39 Å². The Morgan fingerprint density at radius 3 is 2.47 bits per heavy atom. The predicted octanol–water partition coefficient (Wildman–Crippen LogP) is 6.36. The Morgan fingerprint density at radius 2 is 1.81 bits per heavy atom. The monoisotopic (exact) mass is 491 g/mol. The molecule has 7 nitrogen and oxygen atoms in total. The Labute approximate surface area is 212 Å². The molecule has 5 rings (SSSR count). The van der Waals surface area contributed by atoms with Gasteiger partial charge < -0.3 is 14.0 Å². The summed E-state index contributed by atoms with van der Waals surface area (Å²) in [5, 5.41) is 3.96. The number of aliphatic imine (C=N–C) groups is 1. The average molecular weight is 492 g/mol. The first-order valence-electron chi connectivity index (χ1n) is 12.2. The molecular weight excluding hydrogens is 457 g/mol. The lowest BCUT2D eigenvalue weighted by Crippen LogP contribution is -2.50. The van der Waals surface area contributed by atoms with E-state index in [1.54, 1.807) is 31.8 Å². The number of hydrogen-bond donors (Lipinski definition) is 0. The van der Waals surface area contributed by atoms with E-state index >= 15 is 0 Å². The number of imidazole rings is 1. The predicted molar refractivity (Wildman–Crippen MR) is 144 cm³/mol. The molecule has 0 N–H and O–H groups in total. The van der Waals surface area contributed by atoms with Gasteiger partial charge in [-0.1, -0.05) is 33.8 Å². The van der Waals surface area contributed by atoms with Crippen molar-refractivity contribution in [2.75, 3.05) is 25.3 Å².